The Bertz CT molecular complexity index is 646. The summed E-state index contributed by atoms with van der Waals surface area (Å²) >= 11 is 0. The minimum atomic E-state index is -0.810. The lowest BCUT2D eigenvalue weighted by Crippen LogP contribution is -2.55. The molecule has 2 N–H and O–H groups in total. The molecule has 6 nitrogen and oxygen atoms in total. The summed E-state index contributed by atoms with van der Waals surface area (Å²) in [5.74, 6) is -0.138. The molecule has 24 heavy (non-hydrogen) atoms. The molecule has 0 unspecified atom stereocenters. The van der Waals surface area contributed by atoms with Gasteiger partial charge in [0.2, 0.25) is 5.91 Å². The third-order valence-electron chi connectivity index (χ3n) is 4.96. The maximum absolute atomic E-state index is 12.3. The molecule has 3 rings (SSSR count). The summed E-state index contributed by atoms with van der Waals surface area (Å²) in [6, 6.07) is 7.94. The van der Waals surface area contributed by atoms with Crippen molar-refractivity contribution in [2.75, 3.05) is 13.1 Å². The van der Waals surface area contributed by atoms with Crippen molar-refractivity contribution in [2.24, 2.45) is 0 Å². The second-order valence-corrected chi connectivity index (χ2v) is 6.71. The first-order chi connectivity index (χ1) is 11.5. The van der Waals surface area contributed by atoms with Crippen molar-refractivity contribution in [3.05, 3.63) is 35.4 Å². The highest BCUT2D eigenvalue weighted by Gasteiger charge is 2.48. The van der Waals surface area contributed by atoms with Crippen molar-refractivity contribution in [3.63, 3.8) is 0 Å². The number of rotatable bonds is 4. The zero-order valence-corrected chi connectivity index (χ0v) is 13.9. The predicted molar refractivity (Wildman–Crippen MR) is 89.3 cm³/mol. The lowest BCUT2D eigenvalue weighted by molar-refractivity contribution is -0.135. The SMILES string of the molecule is Cc1ccc(CCCC(=O)N2CCC3(CC2)NC(=O)NC3=O)cc1. The minimum Gasteiger partial charge on any atom is -0.342 e. The van der Waals surface area contributed by atoms with Crippen LogP contribution in [0.3, 0.4) is 0 Å². The van der Waals surface area contributed by atoms with Crippen molar-refractivity contribution in [2.45, 2.75) is 44.6 Å². The van der Waals surface area contributed by atoms with Crippen molar-refractivity contribution in [1.82, 2.24) is 15.5 Å². The Kier molecular flexibility index (Phi) is 4.55. The van der Waals surface area contributed by atoms with Crippen LogP contribution in [0.5, 0.6) is 0 Å². The first-order valence-corrected chi connectivity index (χ1v) is 8.45. The van der Waals surface area contributed by atoms with E-state index in [2.05, 4.69) is 41.8 Å². The van der Waals surface area contributed by atoms with Crippen LogP contribution in [0.25, 0.3) is 0 Å². The molecule has 1 aromatic carbocycles. The average molecular weight is 329 g/mol. The molecule has 2 aliphatic heterocycles. The Labute approximate surface area is 141 Å². The maximum atomic E-state index is 12.3. The van der Waals surface area contributed by atoms with Crippen LogP contribution in [0.4, 0.5) is 4.79 Å². The third-order valence-corrected chi connectivity index (χ3v) is 4.96. The number of urea groups is 1. The lowest BCUT2D eigenvalue weighted by Gasteiger charge is -2.37. The molecule has 0 atom stereocenters. The van der Waals surface area contributed by atoms with Gasteiger partial charge in [0.25, 0.3) is 5.91 Å². The van der Waals surface area contributed by atoms with Gasteiger partial charge in [-0.25, -0.2) is 4.79 Å². The van der Waals surface area contributed by atoms with Crippen molar-refractivity contribution in [1.29, 1.82) is 0 Å². The Hall–Kier alpha value is -2.37. The summed E-state index contributed by atoms with van der Waals surface area (Å²) in [7, 11) is 0. The predicted octanol–water partition coefficient (Wildman–Crippen LogP) is 1.52. The molecule has 2 saturated heterocycles. The molecule has 0 radical (unpaired) electrons. The fourth-order valence-corrected chi connectivity index (χ4v) is 3.37. The molecule has 0 aliphatic carbocycles. The number of benzene rings is 1. The quantitative estimate of drug-likeness (QED) is 0.822. The first-order valence-electron chi connectivity index (χ1n) is 8.45. The van der Waals surface area contributed by atoms with E-state index >= 15 is 0 Å². The Morgan fingerprint density at radius 1 is 1.17 bits per heavy atom. The molecule has 2 fully saturated rings. The molecule has 6 heteroatoms. The van der Waals surface area contributed by atoms with Crippen LogP contribution < -0.4 is 10.6 Å². The number of hydrogen-bond acceptors (Lipinski definition) is 3. The van der Waals surface area contributed by atoms with Crippen LogP contribution in [-0.2, 0) is 16.0 Å². The van der Waals surface area contributed by atoms with Crippen LogP contribution in [0.2, 0.25) is 0 Å². The zero-order chi connectivity index (χ0) is 17.2. The van der Waals surface area contributed by atoms with E-state index in [1.54, 1.807) is 4.90 Å². The number of likely N-dealkylation sites (tertiary alicyclic amines) is 1. The topological polar surface area (TPSA) is 78.5 Å². The molecular formula is C18H23N3O3. The first kappa shape index (κ1) is 16.5. The van der Waals surface area contributed by atoms with E-state index in [0.29, 0.717) is 32.4 Å². The third kappa shape index (κ3) is 3.42. The number of hydrogen-bond donors (Lipinski definition) is 2. The minimum absolute atomic E-state index is 0.127. The summed E-state index contributed by atoms with van der Waals surface area (Å²) in [4.78, 5) is 37.3. The van der Waals surface area contributed by atoms with Gasteiger partial charge in [-0.3, -0.25) is 14.9 Å². The Morgan fingerprint density at radius 2 is 1.83 bits per heavy atom. The van der Waals surface area contributed by atoms with Gasteiger partial charge in [0.05, 0.1) is 0 Å². The number of piperidine rings is 1. The van der Waals surface area contributed by atoms with Gasteiger partial charge in [-0.15, -0.1) is 0 Å². The van der Waals surface area contributed by atoms with Crippen molar-refractivity contribution >= 4 is 17.8 Å². The second-order valence-electron chi connectivity index (χ2n) is 6.71. The number of carbonyl (C=O) groups excluding carboxylic acids is 3. The Morgan fingerprint density at radius 3 is 2.42 bits per heavy atom. The van der Waals surface area contributed by atoms with Crippen LogP contribution in [-0.4, -0.2) is 41.4 Å². The number of nitrogens with zero attached hydrogens (tertiary/aromatic N) is 1. The maximum Gasteiger partial charge on any atom is 0.322 e. The monoisotopic (exact) mass is 329 g/mol. The fourth-order valence-electron chi connectivity index (χ4n) is 3.37. The van der Waals surface area contributed by atoms with Gasteiger partial charge in [-0.2, -0.15) is 0 Å². The number of amides is 4. The Balaban J connectivity index is 1.44. The van der Waals surface area contributed by atoms with Crippen molar-refractivity contribution in [3.8, 4) is 0 Å². The summed E-state index contributed by atoms with van der Waals surface area (Å²) in [6.45, 7) is 3.08. The number of imide groups is 1. The molecule has 1 spiro atoms. The lowest BCUT2D eigenvalue weighted by atomic mass is 9.87. The van der Waals surface area contributed by atoms with E-state index in [-0.39, 0.29) is 11.8 Å². The zero-order valence-electron chi connectivity index (χ0n) is 13.9. The largest absolute Gasteiger partial charge is 0.342 e. The van der Waals surface area contributed by atoms with Gasteiger partial charge in [-0.05, 0) is 38.2 Å². The number of aryl methyl sites for hydroxylation is 2. The number of nitrogens with one attached hydrogen (secondary N) is 2. The van der Waals surface area contributed by atoms with E-state index in [0.717, 1.165) is 12.8 Å². The molecule has 128 valence electrons. The van der Waals surface area contributed by atoms with Gasteiger partial charge in [0.1, 0.15) is 5.54 Å². The van der Waals surface area contributed by atoms with E-state index in [1.165, 1.54) is 11.1 Å². The molecule has 2 aliphatic rings. The summed E-state index contributed by atoms with van der Waals surface area (Å²) < 4.78 is 0. The highest BCUT2D eigenvalue weighted by atomic mass is 16.2. The molecule has 0 bridgehead atoms. The molecule has 0 saturated carbocycles. The molecule has 0 aromatic heterocycles. The van der Waals surface area contributed by atoms with E-state index in [9.17, 15) is 14.4 Å². The van der Waals surface area contributed by atoms with Gasteiger partial charge in [0.15, 0.2) is 0 Å². The van der Waals surface area contributed by atoms with Crippen molar-refractivity contribution < 1.29 is 14.4 Å². The smallest absolute Gasteiger partial charge is 0.322 e. The van der Waals surface area contributed by atoms with Crippen LogP contribution >= 0.6 is 0 Å². The summed E-state index contributed by atoms with van der Waals surface area (Å²) in [6.07, 6.45) is 3.19. The summed E-state index contributed by atoms with van der Waals surface area (Å²) in [5.41, 5.74) is 1.67. The fraction of sp³-hybridized carbons (Fsp3) is 0.500. The van der Waals surface area contributed by atoms with E-state index in [4.69, 9.17) is 0 Å². The molecule has 2 heterocycles. The van der Waals surface area contributed by atoms with Crippen LogP contribution in [0, 0.1) is 6.92 Å². The van der Waals surface area contributed by atoms with Gasteiger partial charge in [0, 0.05) is 19.5 Å². The molecule has 4 amide bonds. The van der Waals surface area contributed by atoms with Gasteiger partial charge >= 0.3 is 6.03 Å². The average Bonchev–Trinajstić information content (AvgIpc) is 2.83. The van der Waals surface area contributed by atoms with Crippen LogP contribution in [0.15, 0.2) is 24.3 Å². The standard InChI is InChI=1S/C18H23N3O3/c1-13-5-7-14(8-6-13)3-2-4-15(22)21-11-9-18(10-12-21)16(23)19-17(24)20-18/h5-8H,2-4,9-12H2,1H3,(H2,19,20,23,24). The van der Waals surface area contributed by atoms with E-state index < -0.39 is 11.6 Å². The highest BCUT2D eigenvalue weighted by molar-refractivity contribution is 6.07. The van der Waals surface area contributed by atoms with Crippen LogP contribution in [0.1, 0.15) is 36.8 Å². The molecular weight excluding hydrogens is 306 g/mol. The summed E-state index contributed by atoms with van der Waals surface area (Å²) in [5, 5.41) is 5.00. The molecule has 1 aromatic rings. The number of carbonyl (C=O) groups is 3. The normalized spacial score (nSPS) is 19.3. The highest BCUT2D eigenvalue weighted by Crippen LogP contribution is 2.26. The van der Waals surface area contributed by atoms with Gasteiger partial charge < -0.3 is 10.2 Å². The second kappa shape index (κ2) is 6.63. The van der Waals surface area contributed by atoms with E-state index in [1.807, 2.05) is 0 Å². The van der Waals surface area contributed by atoms with Gasteiger partial charge in [-0.1, -0.05) is 29.8 Å².